The number of hydrogen-bond donors (Lipinski definition) is 0. The highest BCUT2D eigenvalue weighted by Gasteiger charge is 2.15. The summed E-state index contributed by atoms with van der Waals surface area (Å²) in [6, 6.07) is 9.74. The molecule has 1 saturated heterocycles. The van der Waals surface area contributed by atoms with Crippen LogP contribution in [0.5, 0.6) is 0 Å². The van der Waals surface area contributed by atoms with Crippen LogP contribution in [0.15, 0.2) is 24.3 Å². The molecule has 0 N–H and O–H groups in total. The molecule has 1 aromatic rings. The fourth-order valence-electron chi connectivity index (χ4n) is 1.90. The molecule has 0 bridgehead atoms. The average molecular weight is 214 g/mol. The molecule has 0 saturated carbocycles. The third-order valence-electron chi connectivity index (χ3n) is 2.90. The van der Waals surface area contributed by atoms with E-state index in [0.717, 1.165) is 19.6 Å². The number of nitriles is 1. The Kier molecular flexibility index (Phi) is 3.33. The van der Waals surface area contributed by atoms with E-state index >= 15 is 0 Å². The van der Waals surface area contributed by atoms with Crippen LogP contribution in [-0.4, -0.2) is 23.8 Å². The van der Waals surface area contributed by atoms with E-state index in [2.05, 4.69) is 11.0 Å². The van der Waals surface area contributed by atoms with Crippen molar-refractivity contribution in [3.05, 3.63) is 35.4 Å². The van der Waals surface area contributed by atoms with Crippen LogP contribution in [0.25, 0.3) is 0 Å². The van der Waals surface area contributed by atoms with Crippen molar-refractivity contribution >= 4 is 5.78 Å². The highest BCUT2D eigenvalue weighted by atomic mass is 16.1. The summed E-state index contributed by atoms with van der Waals surface area (Å²) in [6.45, 7) is 2.59. The zero-order chi connectivity index (χ0) is 11.4. The van der Waals surface area contributed by atoms with E-state index < -0.39 is 0 Å². The van der Waals surface area contributed by atoms with Gasteiger partial charge in [-0.2, -0.15) is 5.26 Å². The number of carbonyl (C=O) groups excluding carboxylic acids is 1. The number of rotatable bonds is 2. The summed E-state index contributed by atoms with van der Waals surface area (Å²) in [5.41, 5.74) is 1.89. The van der Waals surface area contributed by atoms with Crippen molar-refractivity contribution in [1.29, 1.82) is 5.26 Å². The number of benzene rings is 1. The number of carbonyl (C=O) groups is 1. The monoisotopic (exact) mass is 214 g/mol. The van der Waals surface area contributed by atoms with Crippen LogP contribution in [0.3, 0.4) is 0 Å². The third-order valence-corrected chi connectivity index (χ3v) is 2.90. The normalized spacial score (nSPS) is 17.1. The van der Waals surface area contributed by atoms with Crippen LogP contribution in [0.1, 0.15) is 24.0 Å². The zero-order valence-corrected chi connectivity index (χ0v) is 9.15. The van der Waals surface area contributed by atoms with Gasteiger partial charge in [-0.25, -0.2) is 0 Å². The van der Waals surface area contributed by atoms with Gasteiger partial charge in [0.15, 0.2) is 0 Å². The minimum atomic E-state index is 0.371. The van der Waals surface area contributed by atoms with Crippen LogP contribution in [0.2, 0.25) is 0 Å². The third kappa shape index (κ3) is 2.68. The predicted octanol–water partition coefficient (Wildman–Crippen LogP) is 1.72. The van der Waals surface area contributed by atoms with E-state index in [1.54, 1.807) is 0 Å². The second-order valence-corrected chi connectivity index (χ2v) is 4.12. The van der Waals surface area contributed by atoms with Crippen molar-refractivity contribution in [2.24, 2.45) is 0 Å². The molecule has 2 rings (SSSR count). The summed E-state index contributed by atoms with van der Waals surface area (Å²) in [5.74, 6) is 0.371. The highest BCUT2D eigenvalue weighted by molar-refractivity contribution is 5.79. The topological polar surface area (TPSA) is 44.1 Å². The average Bonchev–Trinajstić information content (AvgIpc) is 2.33. The molecule has 0 atom stereocenters. The first kappa shape index (κ1) is 10.8. The molecule has 0 aromatic heterocycles. The van der Waals surface area contributed by atoms with Gasteiger partial charge in [0, 0.05) is 32.5 Å². The molecule has 0 aliphatic carbocycles. The molecular formula is C13H14N2O. The Balaban J connectivity index is 1.94. The van der Waals surface area contributed by atoms with Crippen LogP contribution < -0.4 is 0 Å². The first-order chi connectivity index (χ1) is 7.78. The maximum Gasteiger partial charge on any atom is 0.135 e. The summed E-state index contributed by atoms with van der Waals surface area (Å²) in [6.07, 6.45) is 1.35. The number of likely N-dealkylation sites (tertiary alicyclic amines) is 1. The van der Waals surface area contributed by atoms with Crippen LogP contribution in [0.4, 0.5) is 0 Å². The molecule has 82 valence electrons. The fraction of sp³-hybridized carbons (Fsp3) is 0.385. The van der Waals surface area contributed by atoms with Gasteiger partial charge in [-0.1, -0.05) is 12.1 Å². The second kappa shape index (κ2) is 4.91. The van der Waals surface area contributed by atoms with Gasteiger partial charge in [-0.3, -0.25) is 9.69 Å². The molecule has 16 heavy (non-hydrogen) atoms. The molecule has 0 spiro atoms. The van der Waals surface area contributed by atoms with Gasteiger partial charge in [0.05, 0.1) is 11.6 Å². The smallest absolute Gasteiger partial charge is 0.135 e. The van der Waals surface area contributed by atoms with E-state index in [9.17, 15) is 4.79 Å². The van der Waals surface area contributed by atoms with Gasteiger partial charge < -0.3 is 0 Å². The van der Waals surface area contributed by atoms with Crippen molar-refractivity contribution < 1.29 is 4.79 Å². The molecule has 1 aromatic carbocycles. The Morgan fingerprint density at radius 3 is 2.38 bits per heavy atom. The van der Waals surface area contributed by atoms with Gasteiger partial charge in [-0.15, -0.1) is 0 Å². The van der Waals surface area contributed by atoms with E-state index in [0.29, 0.717) is 24.2 Å². The first-order valence-corrected chi connectivity index (χ1v) is 5.51. The summed E-state index contributed by atoms with van der Waals surface area (Å²) >= 11 is 0. The fourth-order valence-corrected chi connectivity index (χ4v) is 1.90. The molecule has 3 nitrogen and oxygen atoms in total. The molecular weight excluding hydrogens is 200 g/mol. The Hall–Kier alpha value is -1.66. The lowest BCUT2D eigenvalue weighted by molar-refractivity contribution is -0.121. The van der Waals surface area contributed by atoms with E-state index in [1.165, 1.54) is 5.56 Å². The lowest BCUT2D eigenvalue weighted by Gasteiger charge is -2.25. The Bertz CT molecular complexity index is 407. The van der Waals surface area contributed by atoms with Crippen molar-refractivity contribution in [2.75, 3.05) is 13.1 Å². The van der Waals surface area contributed by atoms with Gasteiger partial charge >= 0.3 is 0 Å². The Morgan fingerprint density at radius 2 is 1.81 bits per heavy atom. The quantitative estimate of drug-likeness (QED) is 0.753. The molecule has 3 heteroatoms. The van der Waals surface area contributed by atoms with Crippen molar-refractivity contribution in [1.82, 2.24) is 4.90 Å². The summed E-state index contributed by atoms with van der Waals surface area (Å²) in [5, 5.41) is 8.68. The molecule has 1 aliphatic heterocycles. The van der Waals surface area contributed by atoms with Gasteiger partial charge in [-0.05, 0) is 17.7 Å². The lowest BCUT2D eigenvalue weighted by atomic mass is 10.1. The molecule has 1 heterocycles. The number of hydrogen-bond acceptors (Lipinski definition) is 3. The first-order valence-electron chi connectivity index (χ1n) is 5.51. The highest BCUT2D eigenvalue weighted by Crippen LogP contribution is 2.11. The van der Waals surface area contributed by atoms with Gasteiger partial charge in [0.25, 0.3) is 0 Å². The minimum absolute atomic E-state index is 0.371. The summed E-state index contributed by atoms with van der Waals surface area (Å²) < 4.78 is 0. The largest absolute Gasteiger partial charge is 0.300 e. The Labute approximate surface area is 95.3 Å². The molecule has 1 aliphatic rings. The number of nitrogens with zero attached hydrogens (tertiary/aromatic N) is 2. The predicted molar refractivity (Wildman–Crippen MR) is 60.7 cm³/mol. The van der Waals surface area contributed by atoms with Crippen molar-refractivity contribution in [3.63, 3.8) is 0 Å². The lowest BCUT2D eigenvalue weighted by Crippen LogP contribution is -2.33. The van der Waals surface area contributed by atoms with Gasteiger partial charge in [0.2, 0.25) is 0 Å². The molecule has 0 radical (unpaired) electrons. The van der Waals surface area contributed by atoms with Crippen LogP contribution in [0, 0.1) is 11.3 Å². The van der Waals surface area contributed by atoms with Crippen molar-refractivity contribution in [3.8, 4) is 6.07 Å². The number of piperidine rings is 1. The summed E-state index contributed by atoms with van der Waals surface area (Å²) in [7, 11) is 0. The zero-order valence-electron chi connectivity index (χ0n) is 9.15. The van der Waals surface area contributed by atoms with Gasteiger partial charge in [0.1, 0.15) is 5.78 Å². The number of ketones is 1. The standard InChI is InChI=1S/C13H14N2O/c14-9-11-1-3-12(4-2-11)10-15-7-5-13(16)6-8-15/h1-4H,5-8,10H2. The maximum atomic E-state index is 11.1. The van der Waals surface area contributed by atoms with E-state index in [-0.39, 0.29) is 0 Å². The summed E-state index contributed by atoms with van der Waals surface area (Å²) in [4.78, 5) is 13.4. The molecule has 0 unspecified atom stereocenters. The Morgan fingerprint density at radius 1 is 1.19 bits per heavy atom. The molecule has 0 amide bonds. The maximum absolute atomic E-state index is 11.1. The minimum Gasteiger partial charge on any atom is -0.300 e. The van der Waals surface area contributed by atoms with E-state index in [4.69, 9.17) is 5.26 Å². The second-order valence-electron chi connectivity index (χ2n) is 4.12. The molecule has 1 fully saturated rings. The van der Waals surface area contributed by atoms with Crippen molar-refractivity contribution in [2.45, 2.75) is 19.4 Å². The van der Waals surface area contributed by atoms with Crippen LogP contribution >= 0.6 is 0 Å². The van der Waals surface area contributed by atoms with Crippen LogP contribution in [-0.2, 0) is 11.3 Å². The number of Topliss-reactive ketones (excluding diaryl/α,β-unsaturated/α-hetero) is 1. The van der Waals surface area contributed by atoms with E-state index in [1.807, 2.05) is 24.3 Å². The SMILES string of the molecule is N#Cc1ccc(CN2CCC(=O)CC2)cc1.